The van der Waals surface area contributed by atoms with Crippen molar-refractivity contribution in [3.8, 4) is 0 Å². The molecule has 20 heavy (non-hydrogen) atoms. The van der Waals surface area contributed by atoms with Gasteiger partial charge < -0.3 is 11.1 Å². The lowest BCUT2D eigenvalue weighted by Crippen LogP contribution is -2.31. The summed E-state index contributed by atoms with van der Waals surface area (Å²) in [5, 5.41) is 4.04. The van der Waals surface area contributed by atoms with Crippen LogP contribution in [0.4, 0.5) is 5.69 Å². The molecule has 0 radical (unpaired) electrons. The van der Waals surface area contributed by atoms with Gasteiger partial charge in [0.15, 0.2) is 0 Å². The molecule has 1 aromatic carbocycles. The second-order valence-electron chi connectivity index (χ2n) is 5.37. The van der Waals surface area contributed by atoms with Crippen molar-refractivity contribution in [2.24, 2.45) is 0 Å². The number of benzene rings is 1. The average molecular weight is 306 g/mol. The largest absolute Gasteiger partial charge is 0.397 e. The summed E-state index contributed by atoms with van der Waals surface area (Å²) in [6.07, 6.45) is 4.49. The Kier molecular flexibility index (Phi) is 3.42. The Morgan fingerprint density at radius 3 is 2.85 bits per heavy atom. The third-order valence-corrected chi connectivity index (χ3v) is 6.74. The minimum absolute atomic E-state index is 0.0385. The van der Waals surface area contributed by atoms with Gasteiger partial charge in [-0.25, -0.2) is 0 Å². The Labute approximate surface area is 126 Å². The van der Waals surface area contributed by atoms with Crippen LogP contribution in [-0.4, -0.2) is 23.5 Å². The SMILES string of the molecule is CSC1(CNC(=O)c2sc3c(C)cccc3c2N)CC1. The van der Waals surface area contributed by atoms with Gasteiger partial charge in [-0.1, -0.05) is 18.2 Å². The molecule has 1 fully saturated rings. The number of anilines is 1. The Bertz CT molecular complexity index is 674. The number of thiophene rings is 1. The fraction of sp³-hybridized carbons (Fsp3) is 0.400. The van der Waals surface area contributed by atoms with Crippen molar-refractivity contribution >= 4 is 44.8 Å². The van der Waals surface area contributed by atoms with Crippen LogP contribution >= 0.6 is 23.1 Å². The molecule has 3 nitrogen and oxygen atoms in total. The van der Waals surface area contributed by atoms with E-state index in [0.717, 1.165) is 16.6 Å². The van der Waals surface area contributed by atoms with Crippen LogP contribution in [0.2, 0.25) is 0 Å². The molecule has 5 heteroatoms. The molecular weight excluding hydrogens is 288 g/mol. The van der Waals surface area contributed by atoms with E-state index in [1.807, 2.05) is 36.9 Å². The zero-order chi connectivity index (χ0) is 14.3. The fourth-order valence-electron chi connectivity index (χ4n) is 2.36. The van der Waals surface area contributed by atoms with Gasteiger partial charge in [0.05, 0.1) is 5.69 Å². The summed E-state index contributed by atoms with van der Waals surface area (Å²) in [5.41, 5.74) is 7.92. The second-order valence-corrected chi connectivity index (χ2v) is 7.66. The van der Waals surface area contributed by atoms with Crippen molar-refractivity contribution in [1.82, 2.24) is 5.32 Å². The number of hydrogen-bond acceptors (Lipinski definition) is 4. The van der Waals surface area contributed by atoms with Gasteiger partial charge in [0.25, 0.3) is 5.91 Å². The lowest BCUT2D eigenvalue weighted by Gasteiger charge is -2.12. The molecule has 0 aliphatic heterocycles. The van der Waals surface area contributed by atoms with Crippen LogP contribution in [0, 0.1) is 6.92 Å². The summed E-state index contributed by atoms with van der Waals surface area (Å²) in [4.78, 5) is 13.0. The van der Waals surface area contributed by atoms with E-state index in [9.17, 15) is 4.79 Å². The van der Waals surface area contributed by atoms with Gasteiger partial charge in [-0.15, -0.1) is 11.3 Å². The van der Waals surface area contributed by atoms with Gasteiger partial charge in [-0.2, -0.15) is 11.8 Å². The van der Waals surface area contributed by atoms with Crippen LogP contribution in [-0.2, 0) is 0 Å². The molecule has 2 aromatic rings. The number of nitrogens with one attached hydrogen (secondary N) is 1. The number of thioether (sulfide) groups is 1. The van der Waals surface area contributed by atoms with E-state index < -0.39 is 0 Å². The summed E-state index contributed by atoms with van der Waals surface area (Å²) in [6.45, 7) is 2.78. The molecule has 106 valence electrons. The van der Waals surface area contributed by atoms with Crippen molar-refractivity contribution in [1.29, 1.82) is 0 Å². The van der Waals surface area contributed by atoms with Gasteiger partial charge in [0.1, 0.15) is 4.88 Å². The molecule has 0 saturated heterocycles. The molecule has 1 aliphatic carbocycles. The summed E-state index contributed by atoms with van der Waals surface area (Å²) < 4.78 is 1.39. The van der Waals surface area contributed by atoms with Crippen LogP contribution in [0.5, 0.6) is 0 Å². The van der Waals surface area contributed by atoms with E-state index >= 15 is 0 Å². The second kappa shape index (κ2) is 4.97. The molecule has 0 bridgehead atoms. The summed E-state index contributed by atoms with van der Waals surface area (Å²) >= 11 is 3.34. The first-order valence-electron chi connectivity index (χ1n) is 6.67. The molecule has 0 atom stereocenters. The standard InChI is InChI=1S/C15H18N2OS2/c1-9-4-3-5-10-11(16)13(20-12(9)10)14(18)17-8-15(19-2)6-7-15/h3-5H,6-8,16H2,1-2H3,(H,17,18). The third kappa shape index (κ3) is 2.29. The number of nitrogen functional groups attached to an aromatic ring is 1. The molecule has 1 aromatic heterocycles. The topological polar surface area (TPSA) is 55.1 Å². The Morgan fingerprint density at radius 2 is 2.25 bits per heavy atom. The van der Waals surface area contributed by atoms with Gasteiger partial charge in [0.2, 0.25) is 0 Å². The van der Waals surface area contributed by atoms with Gasteiger partial charge in [-0.05, 0) is 31.6 Å². The maximum atomic E-state index is 12.3. The molecule has 3 rings (SSSR count). The molecule has 1 aliphatic rings. The molecule has 1 amide bonds. The molecule has 3 N–H and O–H groups in total. The first-order chi connectivity index (χ1) is 9.56. The lowest BCUT2D eigenvalue weighted by atomic mass is 10.1. The van der Waals surface area contributed by atoms with Crippen molar-refractivity contribution in [3.05, 3.63) is 28.6 Å². The van der Waals surface area contributed by atoms with Crippen LogP contribution < -0.4 is 11.1 Å². The van der Waals surface area contributed by atoms with E-state index in [2.05, 4.69) is 11.6 Å². The van der Waals surface area contributed by atoms with E-state index in [4.69, 9.17) is 5.73 Å². The molecule has 0 spiro atoms. The minimum Gasteiger partial charge on any atom is -0.397 e. The first kappa shape index (κ1) is 13.8. The van der Waals surface area contributed by atoms with Crippen LogP contribution in [0.1, 0.15) is 28.1 Å². The number of carbonyl (C=O) groups is 1. The quantitative estimate of drug-likeness (QED) is 0.910. The van der Waals surface area contributed by atoms with E-state index in [1.54, 1.807) is 0 Å². The highest BCUT2D eigenvalue weighted by Crippen LogP contribution is 2.46. The van der Waals surface area contributed by atoms with Crippen molar-refractivity contribution in [3.63, 3.8) is 0 Å². The highest BCUT2D eigenvalue weighted by atomic mass is 32.2. The number of amides is 1. The third-order valence-electron chi connectivity index (χ3n) is 3.97. The highest BCUT2D eigenvalue weighted by molar-refractivity contribution is 8.00. The Morgan fingerprint density at radius 1 is 1.50 bits per heavy atom. The summed E-state index contributed by atoms with van der Waals surface area (Å²) in [5.74, 6) is -0.0385. The zero-order valence-corrected chi connectivity index (χ0v) is 13.3. The Balaban J connectivity index is 1.84. The average Bonchev–Trinajstić information content (AvgIpc) is 3.16. The number of hydrogen-bond donors (Lipinski definition) is 2. The van der Waals surface area contributed by atoms with Crippen molar-refractivity contribution < 1.29 is 4.79 Å². The van der Waals surface area contributed by atoms with Crippen LogP contribution in [0.3, 0.4) is 0 Å². The number of rotatable bonds is 4. The van der Waals surface area contributed by atoms with Gasteiger partial charge >= 0.3 is 0 Å². The van der Waals surface area contributed by atoms with Crippen LogP contribution in [0.15, 0.2) is 18.2 Å². The zero-order valence-electron chi connectivity index (χ0n) is 11.7. The maximum Gasteiger partial charge on any atom is 0.263 e. The molecular formula is C15H18N2OS2. The molecule has 1 heterocycles. The van der Waals surface area contributed by atoms with Crippen molar-refractivity contribution in [2.45, 2.75) is 24.5 Å². The van der Waals surface area contributed by atoms with Crippen molar-refractivity contribution in [2.75, 3.05) is 18.5 Å². The minimum atomic E-state index is -0.0385. The number of nitrogens with two attached hydrogens (primary N) is 1. The van der Waals surface area contributed by atoms with Crippen LogP contribution in [0.25, 0.3) is 10.1 Å². The summed E-state index contributed by atoms with van der Waals surface area (Å²) in [7, 11) is 0. The number of aryl methyl sites for hydroxylation is 1. The fourth-order valence-corrected chi connectivity index (χ4v) is 4.19. The van der Waals surface area contributed by atoms with E-state index in [1.165, 1.54) is 29.7 Å². The number of fused-ring (bicyclic) bond motifs is 1. The Hall–Kier alpha value is -1.20. The molecule has 0 unspecified atom stereocenters. The molecule has 1 saturated carbocycles. The van der Waals surface area contributed by atoms with Gasteiger partial charge in [-0.3, -0.25) is 4.79 Å². The monoisotopic (exact) mass is 306 g/mol. The predicted octanol–water partition coefficient (Wildman–Crippen LogP) is 3.42. The normalized spacial score (nSPS) is 16.3. The predicted molar refractivity (Wildman–Crippen MR) is 88.8 cm³/mol. The highest BCUT2D eigenvalue weighted by Gasteiger charge is 2.42. The summed E-state index contributed by atoms with van der Waals surface area (Å²) in [6, 6.07) is 6.01. The first-order valence-corrected chi connectivity index (χ1v) is 8.71. The smallest absolute Gasteiger partial charge is 0.263 e. The van der Waals surface area contributed by atoms with E-state index in [-0.39, 0.29) is 10.7 Å². The van der Waals surface area contributed by atoms with Gasteiger partial charge in [0, 0.05) is 21.4 Å². The maximum absolute atomic E-state index is 12.3. The number of carbonyl (C=O) groups excluding carboxylic acids is 1. The van der Waals surface area contributed by atoms with E-state index in [0.29, 0.717) is 10.6 Å². The lowest BCUT2D eigenvalue weighted by molar-refractivity contribution is 0.0958.